The number of piperazine rings is 1. The van der Waals surface area contributed by atoms with Crippen molar-refractivity contribution in [3.05, 3.63) is 41.3 Å². The molecule has 1 aliphatic rings. The molecule has 0 aliphatic carbocycles. The minimum absolute atomic E-state index is 0.201. The molecule has 4 aromatic heterocycles. The molecule has 0 saturated carbocycles. The molecule has 5 rings (SSSR count). The third-order valence-electron chi connectivity index (χ3n) is 7.42. The molecule has 5 heterocycles. The molecular weight excluding hydrogens is 474 g/mol. The number of aromatic amines is 1. The number of pyridine rings is 2. The van der Waals surface area contributed by atoms with Gasteiger partial charge >= 0.3 is 0 Å². The Morgan fingerprint density at radius 2 is 1.94 bits per heavy atom. The van der Waals surface area contributed by atoms with Crippen LogP contribution < -0.4 is 4.90 Å². The van der Waals surface area contributed by atoms with Gasteiger partial charge in [0.1, 0.15) is 22.0 Å². The van der Waals surface area contributed by atoms with E-state index in [1.165, 1.54) is 17.4 Å². The third-order valence-corrected chi connectivity index (χ3v) is 8.35. The van der Waals surface area contributed by atoms with Crippen LogP contribution in [0.25, 0.3) is 27.9 Å². The Balaban J connectivity index is 1.51. The van der Waals surface area contributed by atoms with E-state index >= 15 is 0 Å². The lowest BCUT2D eigenvalue weighted by Gasteiger charge is -2.40. The fourth-order valence-electron chi connectivity index (χ4n) is 5.34. The summed E-state index contributed by atoms with van der Waals surface area (Å²) in [5.41, 5.74) is 8.60. The first-order chi connectivity index (χ1) is 17.0. The minimum Gasteiger partial charge on any atom is -0.353 e. The van der Waals surface area contributed by atoms with Crippen molar-refractivity contribution in [3.8, 4) is 11.3 Å². The van der Waals surface area contributed by atoms with Crippen LogP contribution in [0.1, 0.15) is 43.4 Å². The Labute approximate surface area is 212 Å². The summed E-state index contributed by atoms with van der Waals surface area (Å²) in [7, 11) is -2.96. The van der Waals surface area contributed by atoms with Crippen LogP contribution in [0.4, 0.5) is 5.82 Å². The van der Waals surface area contributed by atoms with Crippen molar-refractivity contribution in [2.45, 2.75) is 46.6 Å². The fraction of sp³-hybridized carbons (Fsp3) is 0.500. The first kappa shape index (κ1) is 24.7. The molecule has 1 N–H and O–H groups in total. The number of nitrogens with one attached hydrogen (secondary N) is 1. The molecule has 192 valence electrons. The van der Waals surface area contributed by atoms with Gasteiger partial charge in [0.05, 0.1) is 22.5 Å². The molecule has 4 aromatic rings. The quantitative estimate of drug-likeness (QED) is 0.424. The van der Waals surface area contributed by atoms with Gasteiger partial charge in [-0.3, -0.25) is 4.90 Å². The molecular formula is C26H35N7O2S. The molecule has 1 fully saturated rings. The predicted octanol–water partition coefficient (Wildman–Crippen LogP) is 3.57. The Morgan fingerprint density at radius 3 is 2.64 bits per heavy atom. The summed E-state index contributed by atoms with van der Waals surface area (Å²) in [5, 5.41) is 4.38. The van der Waals surface area contributed by atoms with Gasteiger partial charge in [0.2, 0.25) is 0 Å². The molecule has 9 nitrogen and oxygen atoms in total. The van der Waals surface area contributed by atoms with Crippen molar-refractivity contribution in [1.82, 2.24) is 29.5 Å². The van der Waals surface area contributed by atoms with Gasteiger partial charge in [0, 0.05) is 55.8 Å². The normalized spacial score (nSPS) is 17.6. The monoisotopic (exact) mass is 509 g/mol. The van der Waals surface area contributed by atoms with E-state index < -0.39 is 9.84 Å². The van der Waals surface area contributed by atoms with Crippen molar-refractivity contribution < 1.29 is 8.42 Å². The highest BCUT2D eigenvalue weighted by Gasteiger charge is 2.27. The van der Waals surface area contributed by atoms with Crippen LogP contribution in [0.2, 0.25) is 0 Å². The maximum Gasteiger partial charge on any atom is 0.158 e. The summed E-state index contributed by atoms with van der Waals surface area (Å²) in [4.78, 5) is 17.8. The van der Waals surface area contributed by atoms with E-state index in [0.717, 1.165) is 59.0 Å². The van der Waals surface area contributed by atoms with Gasteiger partial charge < -0.3 is 9.88 Å². The van der Waals surface area contributed by atoms with Crippen LogP contribution >= 0.6 is 0 Å². The van der Waals surface area contributed by atoms with Crippen molar-refractivity contribution in [3.63, 3.8) is 0 Å². The zero-order valence-electron chi connectivity index (χ0n) is 21.9. The molecule has 0 unspecified atom stereocenters. The van der Waals surface area contributed by atoms with Crippen LogP contribution in [-0.4, -0.2) is 82.1 Å². The number of nitrogens with zero attached hydrogens (tertiary/aromatic N) is 6. The number of fused-ring (bicyclic) bond motifs is 2. The number of rotatable bonds is 6. The van der Waals surface area contributed by atoms with Crippen LogP contribution in [-0.2, 0) is 9.84 Å². The fourth-order valence-corrected chi connectivity index (χ4v) is 5.93. The first-order valence-corrected chi connectivity index (χ1v) is 14.6. The van der Waals surface area contributed by atoms with Crippen molar-refractivity contribution in [2.24, 2.45) is 0 Å². The van der Waals surface area contributed by atoms with E-state index in [9.17, 15) is 8.42 Å². The van der Waals surface area contributed by atoms with Crippen molar-refractivity contribution in [1.29, 1.82) is 0 Å². The molecule has 0 amide bonds. The predicted molar refractivity (Wildman–Crippen MR) is 145 cm³/mol. The second kappa shape index (κ2) is 9.15. The standard InChI is InChI=1S/C26H35N7O2S/c1-16(2)23-24(20-14-33-26(27-15-28-33)19(5)18(20)4)29-21-7-8-22(30-25(21)23)32-10-9-31(13-17(32)3)11-12-36(6,34)35/h7-8,14-17,29H,9-13H2,1-6H3/t17-/m0/s1. The minimum atomic E-state index is -2.96. The summed E-state index contributed by atoms with van der Waals surface area (Å²) < 4.78 is 25.0. The molecule has 0 bridgehead atoms. The van der Waals surface area contributed by atoms with E-state index in [1.807, 2.05) is 4.52 Å². The van der Waals surface area contributed by atoms with E-state index in [0.29, 0.717) is 6.54 Å². The van der Waals surface area contributed by atoms with Crippen LogP contribution in [0.3, 0.4) is 0 Å². The molecule has 0 aromatic carbocycles. The SMILES string of the molecule is Cc1c(-c2[nH]c3ccc(N4CCN(CCS(C)(=O)=O)C[C@@H]4C)nc3c2C(C)C)cn2ncnc2c1C. The van der Waals surface area contributed by atoms with Gasteiger partial charge in [-0.15, -0.1) is 0 Å². The molecule has 1 atom stereocenters. The summed E-state index contributed by atoms with van der Waals surface area (Å²) >= 11 is 0. The smallest absolute Gasteiger partial charge is 0.158 e. The Kier molecular flexibility index (Phi) is 6.28. The second-order valence-corrected chi connectivity index (χ2v) is 12.7. The molecule has 1 saturated heterocycles. The van der Waals surface area contributed by atoms with E-state index in [1.54, 1.807) is 6.33 Å². The highest BCUT2D eigenvalue weighted by molar-refractivity contribution is 7.90. The highest BCUT2D eigenvalue weighted by atomic mass is 32.2. The van der Waals surface area contributed by atoms with E-state index in [2.05, 4.69) is 77.8 Å². The summed E-state index contributed by atoms with van der Waals surface area (Å²) in [6, 6.07) is 4.46. The summed E-state index contributed by atoms with van der Waals surface area (Å²) in [6.45, 7) is 13.9. The molecule has 36 heavy (non-hydrogen) atoms. The lowest BCUT2D eigenvalue weighted by Crippen LogP contribution is -2.53. The number of hydrogen-bond acceptors (Lipinski definition) is 7. The lowest BCUT2D eigenvalue weighted by atomic mass is 9.95. The van der Waals surface area contributed by atoms with Crippen LogP contribution in [0.5, 0.6) is 0 Å². The van der Waals surface area contributed by atoms with Crippen molar-refractivity contribution in [2.75, 3.05) is 43.1 Å². The third kappa shape index (κ3) is 4.48. The molecule has 0 radical (unpaired) electrons. The first-order valence-electron chi connectivity index (χ1n) is 12.5. The van der Waals surface area contributed by atoms with Gasteiger partial charge in [-0.1, -0.05) is 13.8 Å². The molecule has 10 heteroatoms. The van der Waals surface area contributed by atoms with Gasteiger partial charge in [-0.25, -0.2) is 22.9 Å². The number of aromatic nitrogens is 5. The van der Waals surface area contributed by atoms with E-state index in [-0.39, 0.29) is 17.7 Å². The summed E-state index contributed by atoms with van der Waals surface area (Å²) in [6.07, 6.45) is 4.95. The molecule has 1 aliphatic heterocycles. The average Bonchev–Trinajstić information content (AvgIpc) is 3.43. The summed E-state index contributed by atoms with van der Waals surface area (Å²) in [5.74, 6) is 1.44. The number of hydrogen-bond donors (Lipinski definition) is 1. The maximum absolute atomic E-state index is 11.6. The van der Waals surface area contributed by atoms with Gasteiger partial charge in [0.15, 0.2) is 5.65 Å². The van der Waals surface area contributed by atoms with Crippen molar-refractivity contribution >= 4 is 32.3 Å². The van der Waals surface area contributed by atoms with Gasteiger partial charge in [-0.2, -0.15) is 5.10 Å². The Morgan fingerprint density at radius 1 is 1.17 bits per heavy atom. The molecule has 0 spiro atoms. The van der Waals surface area contributed by atoms with Crippen LogP contribution in [0, 0.1) is 13.8 Å². The van der Waals surface area contributed by atoms with Gasteiger partial charge in [0.25, 0.3) is 0 Å². The number of H-pyrrole nitrogens is 1. The lowest BCUT2D eigenvalue weighted by molar-refractivity contribution is 0.240. The number of sulfone groups is 1. The largest absolute Gasteiger partial charge is 0.353 e. The van der Waals surface area contributed by atoms with Crippen LogP contribution in [0.15, 0.2) is 24.7 Å². The topological polar surface area (TPSA) is 99.5 Å². The number of anilines is 1. The Bertz CT molecular complexity index is 1540. The average molecular weight is 510 g/mol. The van der Waals surface area contributed by atoms with E-state index in [4.69, 9.17) is 4.98 Å². The van der Waals surface area contributed by atoms with Gasteiger partial charge in [-0.05, 0) is 49.9 Å². The highest BCUT2D eigenvalue weighted by Crippen LogP contribution is 2.38. The second-order valence-electron chi connectivity index (χ2n) is 10.4. The number of aryl methyl sites for hydroxylation is 1. The zero-order valence-corrected chi connectivity index (χ0v) is 22.7. The Hall–Kier alpha value is -2.98. The maximum atomic E-state index is 11.6. The zero-order chi connectivity index (χ0) is 25.8.